The van der Waals surface area contributed by atoms with Gasteiger partial charge in [-0.15, -0.1) is 140 Å². The molecule has 124 heavy (non-hydrogen) atoms. The quantitative estimate of drug-likeness (QED) is 0.0293. The number of aliphatic hydroxyl groups is 6. The van der Waals surface area contributed by atoms with Gasteiger partial charge in [-0.05, 0) is 181 Å². The monoisotopic (exact) mass is 2390 g/mol. The predicted molar refractivity (Wildman–Crippen MR) is 513 cm³/mol. The molecule has 0 bridgehead atoms. The Bertz CT molecular complexity index is 5460. The number of pyridine rings is 4. The average Bonchev–Trinajstić information content (AvgIpc) is 0.741. The zero-order chi connectivity index (χ0) is 88.6. The molecule has 9 aromatic carbocycles. The molecular weight excluding hydrogens is 2260 g/mol. The van der Waals surface area contributed by atoms with Crippen LogP contribution < -0.4 is 5.19 Å². The van der Waals surface area contributed by atoms with E-state index in [0.29, 0.717) is 40.0 Å². The minimum Gasteiger partial charge on any atom is -0.513 e. The largest absolute Gasteiger partial charge is 0.513 e. The number of rotatable bonds is 17. The van der Waals surface area contributed by atoms with E-state index in [4.69, 9.17) is 40.4 Å². The van der Waals surface area contributed by atoms with Crippen molar-refractivity contribution in [2.45, 2.75) is 234 Å². The Kier molecular flexibility index (Phi) is 46.4. The second-order valence-electron chi connectivity index (χ2n) is 34.3. The molecule has 0 saturated heterocycles. The maximum Gasteiger partial charge on any atom is 0.0955 e. The van der Waals surface area contributed by atoms with Crippen LogP contribution in [0.2, 0.25) is 16.6 Å². The molecule has 3 unspecified atom stereocenters. The molecule has 10 nitrogen and oxygen atoms in total. The fourth-order valence-corrected chi connectivity index (χ4v) is 22.7. The number of aliphatic hydroxyl groups excluding tert-OH is 6. The van der Waals surface area contributed by atoms with Crippen molar-refractivity contribution in [1.29, 1.82) is 0 Å². The van der Waals surface area contributed by atoms with E-state index in [0.717, 1.165) is 85.5 Å². The number of fused-ring (bicyclic) bond motifs is 4. The number of nitrogens with zero attached hydrogens (tertiary/aromatic N) is 4. The molecule has 3 atom stereocenters. The second-order valence-corrected chi connectivity index (χ2v) is 40.1. The van der Waals surface area contributed by atoms with Gasteiger partial charge in [0.1, 0.15) is 0 Å². The number of hydrogen-bond acceptors (Lipinski definition) is 10. The number of benzene rings is 9. The van der Waals surface area contributed by atoms with Gasteiger partial charge in [-0.3, -0.25) is 19.9 Å². The molecule has 13 aromatic rings. The third kappa shape index (κ3) is 31.2. The third-order valence-corrected chi connectivity index (χ3v) is 29.1. The minimum atomic E-state index is -1.73. The van der Waals surface area contributed by atoms with Crippen molar-refractivity contribution in [3.05, 3.63) is 321 Å². The van der Waals surface area contributed by atoms with Crippen molar-refractivity contribution in [3.8, 4) is 45.0 Å². The Hall–Kier alpha value is -8.07. The van der Waals surface area contributed by atoms with E-state index in [1.54, 1.807) is 32.9 Å². The molecule has 0 spiro atoms. The van der Waals surface area contributed by atoms with E-state index in [2.05, 4.69) is 314 Å². The van der Waals surface area contributed by atoms with Gasteiger partial charge < -0.3 is 30.6 Å². The molecule has 13 rings (SSSR count). The number of hydrogen-bond donors (Lipinski definition) is 6. The molecular formula is C109H132Ir4N4O6Si-4. The first kappa shape index (κ1) is 110. The van der Waals surface area contributed by atoms with Crippen LogP contribution in [-0.4, -0.2) is 77.0 Å². The first-order chi connectivity index (χ1) is 56.7. The summed E-state index contributed by atoms with van der Waals surface area (Å²) < 4.78 is 0. The van der Waals surface area contributed by atoms with E-state index in [-0.39, 0.29) is 97.7 Å². The van der Waals surface area contributed by atoms with Gasteiger partial charge in [-0.2, -0.15) is 0 Å². The molecule has 6 N–H and O–H groups in total. The van der Waals surface area contributed by atoms with Gasteiger partial charge in [0.15, 0.2) is 0 Å². The summed E-state index contributed by atoms with van der Waals surface area (Å²) in [6.07, 6.45) is 3.19. The summed E-state index contributed by atoms with van der Waals surface area (Å²) in [5.74, 6) is 2.30. The van der Waals surface area contributed by atoms with Gasteiger partial charge in [0.25, 0.3) is 0 Å². The molecule has 0 fully saturated rings. The molecule has 0 amide bonds. The number of aromatic nitrogens is 4. The van der Waals surface area contributed by atoms with E-state index >= 15 is 0 Å². The standard InChI is InChI=1S/C26H34NSi.2C21H22N.C20H20N.C11H14O2.2C5H10O2.4Ir/c1-17(2)28(18(3)4,19(5)6)26-11-9-10-25-23(26)14-15-24(27-25)22-13-12-20(7)21(8)16-22;2*1-14(2)12-17-6-5-7-21-19(17)10-11-20(22-21)18-9-8-15(3)16(4)13-18;1-13(2)17-6-5-7-20-18(17)10-11-19(21-20)16-9-8-14(3)15(4)12-16;1-8(12)11(9(2)13)10-6-4-3-5-7-10;2*1-4(6)3-5(2)7;;;;/h9-12,14-19H,1-8H3;2*5-8,10-11,13-14H,12H2,1-4H3;5-8,10-13H,1-4H3;3-8,12-13H,1-2H3;2*3-4,6-7H,1-2H3;;;;/q4*-1;;;;;;;. The van der Waals surface area contributed by atoms with Crippen molar-refractivity contribution in [2.24, 2.45) is 11.8 Å². The molecule has 4 radical (unpaired) electrons. The van der Waals surface area contributed by atoms with Gasteiger partial charge in [-0.25, -0.2) is 0 Å². The van der Waals surface area contributed by atoms with Crippen LogP contribution in [0.25, 0.3) is 94.2 Å². The summed E-state index contributed by atoms with van der Waals surface area (Å²) in [6, 6.07) is 83.1. The molecule has 4 heterocycles. The smallest absolute Gasteiger partial charge is 0.0955 e. The van der Waals surface area contributed by atoms with Crippen molar-refractivity contribution < 1.29 is 111 Å². The van der Waals surface area contributed by atoms with Crippen LogP contribution >= 0.6 is 0 Å². The van der Waals surface area contributed by atoms with Gasteiger partial charge in [-0.1, -0.05) is 266 Å². The summed E-state index contributed by atoms with van der Waals surface area (Å²) in [6.45, 7) is 54.5. The predicted octanol–water partition coefficient (Wildman–Crippen LogP) is 27.7. The van der Waals surface area contributed by atoms with Crippen molar-refractivity contribution in [1.82, 2.24) is 19.9 Å². The first-order valence-corrected chi connectivity index (χ1v) is 44.7. The fourth-order valence-electron chi connectivity index (χ4n) is 15.8. The van der Waals surface area contributed by atoms with E-state index in [9.17, 15) is 10.2 Å². The maximum absolute atomic E-state index is 9.42. The average molecular weight is 2390 g/mol. The zero-order valence-electron chi connectivity index (χ0n) is 77.6. The molecule has 4 aromatic heterocycles. The van der Waals surface area contributed by atoms with Crippen LogP contribution in [-0.2, 0) is 93.3 Å². The van der Waals surface area contributed by atoms with Crippen LogP contribution in [0.3, 0.4) is 0 Å². The molecule has 0 aliphatic carbocycles. The maximum atomic E-state index is 9.42. The zero-order valence-corrected chi connectivity index (χ0v) is 88.2. The van der Waals surface area contributed by atoms with Gasteiger partial charge in [0.2, 0.25) is 0 Å². The topological polar surface area (TPSA) is 173 Å². The molecule has 15 heteroatoms. The van der Waals surface area contributed by atoms with E-state index in [1.165, 1.54) is 109 Å². The number of aryl methyl sites for hydroxylation is 8. The summed E-state index contributed by atoms with van der Waals surface area (Å²) in [4.78, 5) is 19.6. The van der Waals surface area contributed by atoms with Crippen LogP contribution in [0, 0.1) is 91.5 Å². The van der Waals surface area contributed by atoms with Crippen molar-refractivity contribution in [2.75, 3.05) is 0 Å². The Morgan fingerprint density at radius 1 is 0.347 bits per heavy atom. The second kappa shape index (κ2) is 52.3. The SMILES string of the molecule is CC(O)=C(c1ccccc1)C(C)O.CC(O)=CC(C)O.CC(O)=CC(C)O.Cc1c[c-]c(-c2ccc3c(C(C)C)cccc3n2)cc1C.Cc1c[c-]c(-c2ccc3c(CC(C)C)cccc3n2)cc1C.Cc1c[c-]c(-c2ccc3c(CC(C)C)cccc3n2)cc1C.Cc1c[c-]c(-c2ccc3c([Si](C(C)C)(C(C)C)C(C)C)cccc3n2)cc1C.[Ir].[Ir].[Ir].[Ir]. The van der Waals surface area contributed by atoms with Crippen molar-refractivity contribution >= 4 is 62.4 Å². The fraction of sp³-hybridized carbons (Fsp3) is 0.339. The van der Waals surface area contributed by atoms with Gasteiger partial charge in [0.05, 0.1) is 65.7 Å². The van der Waals surface area contributed by atoms with E-state index < -0.39 is 26.4 Å². The van der Waals surface area contributed by atoms with Gasteiger partial charge in [0, 0.05) is 102 Å². The molecule has 0 aliphatic heterocycles. The third-order valence-electron chi connectivity index (χ3n) is 22.0. The Labute approximate surface area is 797 Å². The Morgan fingerprint density at radius 3 is 0.919 bits per heavy atom. The van der Waals surface area contributed by atoms with Crippen LogP contribution in [0.5, 0.6) is 0 Å². The summed E-state index contributed by atoms with van der Waals surface area (Å²) >= 11 is 0. The molecule has 668 valence electrons. The molecule has 0 aliphatic rings. The molecule has 0 saturated carbocycles. The van der Waals surface area contributed by atoms with Crippen LogP contribution in [0.15, 0.2) is 230 Å². The normalized spacial score (nSPS) is 12.2. The first-order valence-electron chi connectivity index (χ1n) is 42.5. The Balaban J connectivity index is 0.000000386. The van der Waals surface area contributed by atoms with E-state index in [1.807, 2.05) is 48.5 Å². The summed E-state index contributed by atoms with van der Waals surface area (Å²) in [5.41, 5.74) is 30.4. The van der Waals surface area contributed by atoms with Gasteiger partial charge >= 0.3 is 0 Å². The Morgan fingerprint density at radius 2 is 0.645 bits per heavy atom. The van der Waals surface area contributed by atoms with Crippen molar-refractivity contribution in [3.63, 3.8) is 0 Å². The summed E-state index contributed by atoms with van der Waals surface area (Å²) in [7, 11) is -1.73. The van der Waals surface area contributed by atoms with Crippen LogP contribution in [0.4, 0.5) is 0 Å². The summed E-state index contributed by atoms with van der Waals surface area (Å²) in [5, 5.41) is 59.3. The number of allylic oxidation sites excluding steroid dienone is 3. The van der Waals surface area contributed by atoms with Crippen LogP contribution in [0.1, 0.15) is 197 Å². The minimum absolute atomic E-state index is 0.